The molecule has 1 rings (SSSR count). The Hall–Kier alpha value is -2.11. The molecule has 0 heterocycles. The standard InChI is InChI=1S/C9H9N3O4S/c10-5-7-1-3-8(4-2-7)12-9(13)11-6-17(14,15)16/h1-4H,6H2,(H2,11,12,13)(H,14,15,16). The number of nitriles is 1. The Kier molecular flexibility index (Phi) is 4.03. The van der Waals surface area contributed by atoms with Crippen LogP contribution >= 0.6 is 0 Å². The van der Waals surface area contributed by atoms with Gasteiger partial charge in [0.25, 0.3) is 10.1 Å². The van der Waals surface area contributed by atoms with Gasteiger partial charge in [0.1, 0.15) is 5.88 Å². The summed E-state index contributed by atoms with van der Waals surface area (Å²) in [5, 5.41) is 12.8. The predicted molar refractivity (Wildman–Crippen MR) is 59.7 cm³/mol. The van der Waals surface area contributed by atoms with Gasteiger partial charge in [-0.3, -0.25) is 4.55 Å². The molecule has 8 heteroatoms. The SMILES string of the molecule is N#Cc1ccc(NC(=O)NCS(=O)(=O)O)cc1. The smallest absolute Gasteiger partial charge is 0.320 e. The molecule has 1 aromatic carbocycles. The van der Waals surface area contributed by atoms with Crippen molar-refractivity contribution in [2.45, 2.75) is 0 Å². The van der Waals surface area contributed by atoms with Crippen LogP contribution in [-0.2, 0) is 10.1 Å². The van der Waals surface area contributed by atoms with E-state index in [-0.39, 0.29) is 0 Å². The molecule has 90 valence electrons. The zero-order valence-electron chi connectivity index (χ0n) is 8.54. The molecule has 7 nitrogen and oxygen atoms in total. The van der Waals surface area contributed by atoms with E-state index in [1.807, 2.05) is 11.4 Å². The third-order valence-electron chi connectivity index (χ3n) is 1.69. The molecule has 0 aliphatic rings. The number of amides is 2. The van der Waals surface area contributed by atoms with Crippen LogP contribution < -0.4 is 10.6 Å². The zero-order chi connectivity index (χ0) is 12.9. The highest BCUT2D eigenvalue weighted by Gasteiger charge is 2.07. The van der Waals surface area contributed by atoms with Gasteiger partial charge in [-0.25, -0.2) is 4.79 Å². The van der Waals surface area contributed by atoms with Crippen molar-refractivity contribution in [3.8, 4) is 6.07 Å². The molecular formula is C9H9N3O4S. The summed E-state index contributed by atoms with van der Waals surface area (Å²) in [6, 6.07) is 7.12. The normalized spacial score (nSPS) is 10.4. The summed E-state index contributed by atoms with van der Waals surface area (Å²) in [6.07, 6.45) is 0. The summed E-state index contributed by atoms with van der Waals surface area (Å²) in [5.74, 6) is -0.866. The van der Waals surface area contributed by atoms with Crippen LogP contribution in [0, 0.1) is 11.3 Å². The number of nitrogens with one attached hydrogen (secondary N) is 2. The highest BCUT2D eigenvalue weighted by Crippen LogP contribution is 2.08. The van der Waals surface area contributed by atoms with Crippen molar-refractivity contribution in [3.05, 3.63) is 29.8 Å². The van der Waals surface area contributed by atoms with E-state index in [1.165, 1.54) is 24.3 Å². The lowest BCUT2D eigenvalue weighted by molar-refractivity contribution is 0.253. The maximum atomic E-state index is 11.2. The Balaban J connectivity index is 2.54. The first-order valence-corrected chi connectivity index (χ1v) is 6.02. The summed E-state index contributed by atoms with van der Waals surface area (Å²) >= 11 is 0. The van der Waals surface area contributed by atoms with E-state index >= 15 is 0 Å². The van der Waals surface area contributed by atoms with E-state index in [0.29, 0.717) is 11.3 Å². The Morgan fingerprint density at radius 3 is 2.41 bits per heavy atom. The quantitative estimate of drug-likeness (QED) is 0.680. The van der Waals surface area contributed by atoms with Crippen LogP contribution in [0.4, 0.5) is 10.5 Å². The molecule has 0 spiro atoms. The highest BCUT2D eigenvalue weighted by atomic mass is 32.2. The number of hydrogen-bond acceptors (Lipinski definition) is 4. The highest BCUT2D eigenvalue weighted by molar-refractivity contribution is 7.85. The van der Waals surface area contributed by atoms with Gasteiger partial charge in [-0.15, -0.1) is 0 Å². The predicted octanol–water partition coefficient (Wildman–Crippen LogP) is 0.525. The zero-order valence-corrected chi connectivity index (χ0v) is 9.36. The van der Waals surface area contributed by atoms with Gasteiger partial charge in [-0.2, -0.15) is 13.7 Å². The van der Waals surface area contributed by atoms with E-state index < -0.39 is 22.0 Å². The first-order valence-electron chi connectivity index (χ1n) is 4.41. The van der Waals surface area contributed by atoms with E-state index in [1.54, 1.807) is 0 Å². The molecular weight excluding hydrogens is 246 g/mol. The third-order valence-corrected chi connectivity index (χ3v) is 2.20. The minimum absolute atomic E-state index is 0.400. The summed E-state index contributed by atoms with van der Waals surface area (Å²) in [6.45, 7) is 0. The van der Waals surface area contributed by atoms with Crippen LogP contribution in [0.5, 0.6) is 0 Å². The van der Waals surface area contributed by atoms with Gasteiger partial charge < -0.3 is 10.6 Å². The second kappa shape index (κ2) is 5.29. The number of nitrogens with zero attached hydrogens (tertiary/aromatic N) is 1. The first kappa shape index (κ1) is 13.0. The molecule has 0 unspecified atom stereocenters. The van der Waals surface area contributed by atoms with Gasteiger partial charge >= 0.3 is 6.03 Å². The van der Waals surface area contributed by atoms with Crippen LogP contribution in [0.1, 0.15) is 5.56 Å². The molecule has 0 bridgehead atoms. The number of anilines is 1. The van der Waals surface area contributed by atoms with Gasteiger partial charge in [0.05, 0.1) is 11.6 Å². The van der Waals surface area contributed by atoms with Gasteiger partial charge in [0, 0.05) is 5.69 Å². The lowest BCUT2D eigenvalue weighted by Crippen LogP contribution is -2.33. The monoisotopic (exact) mass is 255 g/mol. The Bertz CT molecular complexity index is 545. The molecule has 0 saturated carbocycles. The molecule has 0 fully saturated rings. The number of hydrogen-bond donors (Lipinski definition) is 3. The second-order valence-corrected chi connectivity index (χ2v) is 4.50. The molecule has 0 atom stereocenters. The minimum atomic E-state index is -4.24. The van der Waals surface area contributed by atoms with Crippen molar-refractivity contribution in [1.29, 1.82) is 5.26 Å². The summed E-state index contributed by atoms with van der Waals surface area (Å²) in [5.41, 5.74) is 0.839. The van der Waals surface area contributed by atoms with Gasteiger partial charge in [0.15, 0.2) is 0 Å². The second-order valence-electron chi connectivity index (χ2n) is 3.05. The van der Waals surface area contributed by atoms with Crippen molar-refractivity contribution < 1.29 is 17.8 Å². The number of carbonyl (C=O) groups is 1. The van der Waals surface area contributed by atoms with Gasteiger partial charge in [0.2, 0.25) is 0 Å². The largest absolute Gasteiger partial charge is 0.321 e. The molecule has 0 aliphatic heterocycles. The number of rotatable bonds is 3. The molecule has 0 radical (unpaired) electrons. The van der Waals surface area contributed by atoms with Crippen molar-refractivity contribution in [2.24, 2.45) is 0 Å². The maximum absolute atomic E-state index is 11.2. The molecule has 1 aromatic rings. The average Bonchev–Trinajstić information content (AvgIpc) is 2.27. The Morgan fingerprint density at radius 1 is 1.35 bits per heavy atom. The van der Waals surface area contributed by atoms with Crippen molar-refractivity contribution in [2.75, 3.05) is 11.2 Å². The topological polar surface area (TPSA) is 119 Å². The van der Waals surface area contributed by atoms with E-state index in [0.717, 1.165) is 0 Å². The first-order chi connectivity index (χ1) is 7.90. The van der Waals surface area contributed by atoms with Gasteiger partial charge in [-0.1, -0.05) is 0 Å². The Labute approximate surface area is 97.8 Å². The average molecular weight is 255 g/mol. The fourth-order valence-electron chi connectivity index (χ4n) is 0.960. The molecule has 3 N–H and O–H groups in total. The Morgan fingerprint density at radius 2 is 1.94 bits per heavy atom. The molecule has 0 saturated heterocycles. The van der Waals surface area contributed by atoms with E-state index in [4.69, 9.17) is 9.81 Å². The van der Waals surface area contributed by atoms with Crippen LogP contribution in [0.15, 0.2) is 24.3 Å². The summed E-state index contributed by atoms with van der Waals surface area (Å²) in [4.78, 5) is 11.2. The lowest BCUT2D eigenvalue weighted by atomic mass is 10.2. The minimum Gasteiger partial charge on any atom is -0.321 e. The summed E-state index contributed by atoms with van der Waals surface area (Å²) in [7, 11) is -4.24. The fourth-order valence-corrected chi connectivity index (χ4v) is 1.27. The van der Waals surface area contributed by atoms with Crippen LogP contribution in [0.2, 0.25) is 0 Å². The number of carbonyl (C=O) groups excluding carboxylic acids is 1. The molecule has 2 amide bonds. The van der Waals surface area contributed by atoms with Crippen LogP contribution in [0.25, 0.3) is 0 Å². The van der Waals surface area contributed by atoms with Gasteiger partial charge in [-0.05, 0) is 24.3 Å². The van der Waals surface area contributed by atoms with Crippen LogP contribution in [0.3, 0.4) is 0 Å². The van der Waals surface area contributed by atoms with Crippen LogP contribution in [-0.4, -0.2) is 24.9 Å². The number of benzene rings is 1. The fraction of sp³-hybridized carbons (Fsp3) is 0.111. The van der Waals surface area contributed by atoms with Crippen molar-refractivity contribution >= 4 is 21.8 Å². The molecule has 0 aliphatic carbocycles. The molecule has 0 aromatic heterocycles. The third kappa shape index (κ3) is 4.96. The summed E-state index contributed by atoms with van der Waals surface area (Å²) < 4.78 is 29.1. The van der Waals surface area contributed by atoms with Crippen molar-refractivity contribution in [1.82, 2.24) is 5.32 Å². The van der Waals surface area contributed by atoms with E-state index in [2.05, 4.69) is 5.32 Å². The molecule has 17 heavy (non-hydrogen) atoms. The maximum Gasteiger partial charge on any atom is 0.320 e. The lowest BCUT2D eigenvalue weighted by Gasteiger charge is -2.05. The van der Waals surface area contributed by atoms with E-state index in [9.17, 15) is 13.2 Å². The van der Waals surface area contributed by atoms with Crippen molar-refractivity contribution in [3.63, 3.8) is 0 Å². The number of urea groups is 1.